The minimum absolute atomic E-state index is 0. The standard InChI is InChI=1S/C8H11N3.ClH/c1-11-3-2-8-7(5-11)4-9-6-10-8;/h4,6H,2-3,5H2,1H3;1H. The van der Waals surface area contributed by atoms with Crippen molar-refractivity contribution in [3.8, 4) is 0 Å². The molecule has 66 valence electrons. The van der Waals surface area contributed by atoms with Crippen LogP contribution in [0, 0.1) is 0 Å². The summed E-state index contributed by atoms with van der Waals surface area (Å²) in [4.78, 5) is 10.5. The van der Waals surface area contributed by atoms with Crippen molar-refractivity contribution < 1.29 is 0 Å². The average Bonchev–Trinajstić information content (AvgIpc) is 2.04. The van der Waals surface area contributed by atoms with E-state index in [9.17, 15) is 0 Å². The summed E-state index contributed by atoms with van der Waals surface area (Å²) in [7, 11) is 2.12. The van der Waals surface area contributed by atoms with Crippen LogP contribution in [-0.4, -0.2) is 28.5 Å². The zero-order chi connectivity index (χ0) is 7.68. The van der Waals surface area contributed by atoms with E-state index < -0.39 is 0 Å². The molecule has 0 saturated heterocycles. The number of rotatable bonds is 0. The zero-order valence-electron chi connectivity index (χ0n) is 7.03. The SMILES string of the molecule is CN1CCc2ncncc2C1.Cl. The van der Waals surface area contributed by atoms with E-state index in [0.29, 0.717) is 0 Å². The van der Waals surface area contributed by atoms with Gasteiger partial charge in [-0.05, 0) is 7.05 Å². The molecule has 0 spiro atoms. The van der Waals surface area contributed by atoms with Gasteiger partial charge in [-0.1, -0.05) is 0 Å². The summed E-state index contributed by atoms with van der Waals surface area (Å²) >= 11 is 0. The largest absolute Gasteiger partial charge is 0.302 e. The topological polar surface area (TPSA) is 29.0 Å². The molecule has 2 heterocycles. The lowest BCUT2D eigenvalue weighted by molar-refractivity contribution is 0.309. The van der Waals surface area contributed by atoms with Crippen LogP contribution in [0.5, 0.6) is 0 Å². The van der Waals surface area contributed by atoms with E-state index in [2.05, 4.69) is 21.9 Å². The monoisotopic (exact) mass is 185 g/mol. The third-order valence-corrected chi connectivity index (χ3v) is 2.05. The number of fused-ring (bicyclic) bond motifs is 1. The van der Waals surface area contributed by atoms with Gasteiger partial charge in [-0.25, -0.2) is 9.97 Å². The van der Waals surface area contributed by atoms with Crippen LogP contribution in [0.3, 0.4) is 0 Å². The number of likely N-dealkylation sites (N-methyl/N-ethyl adjacent to an activating group) is 1. The first-order chi connectivity index (χ1) is 5.36. The molecule has 0 N–H and O–H groups in total. The summed E-state index contributed by atoms with van der Waals surface area (Å²) in [5.41, 5.74) is 2.50. The molecule has 0 saturated carbocycles. The predicted octanol–water partition coefficient (Wildman–Crippen LogP) is 0.886. The van der Waals surface area contributed by atoms with Crippen molar-refractivity contribution in [2.24, 2.45) is 0 Å². The first-order valence-electron chi connectivity index (χ1n) is 3.82. The molecular formula is C8H12ClN3. The van der Waals surface area contributed by atoms with Gasteiger partial charge in [0.05, 0.1) is 0 Å². The Morgan fingerprint density at radius 2 is 2.33 bits per heavy atom. The molecule has 12 heavy (non-hydrogen) atoms. The Hall–Kier alpha value is -0.670. The van der Waals surface area contributed by atoms with Crippen molar-refractivity contribution in [1.82, 2.24) is 14.9 Å². The molecule has 0 aromatic carbocycles. The number of aromatic nitrogens is 2. The molecule has 0 bridgehead atoms. The smallest absolute Gasteiger partial charge is 0.115 e. The number of hydrogen-bond acceptors (Lipinski definition) is 3. The minimum atomic E-state index is 0. The van der Waals surface area contributed by atoms with Crippen molar-refractivity contribution in [2.75, 3.05) is 13.6 Å². The van der Waals surface area contributed by atoms with Crippen LogP contribution in [0.15, 0.2) is 12.5 Å². The highest BCUT2D eigenvalue weighted by atomic mass is 35.5. The van der Waals surface area contributed by atoms with Gasteiger partial charge in [-0.15, -0.1) is 12.4 Å². The fraction of sp³-hybridized carbons (Fsp3) is 0.500. The Morgan fingerprint density at radius 1 is 1.50 bits per heavy atom. The molecule has 3 nitrogen and oxygen atoms in total. The van der Waals surface area contributed by atoms with E-state index in [4.69, 9.17) is 0 Å². The molecule has 1 aliphatic heterocycles. The Morgan fingerprint density at radius 3 is 3.17 bits per heavy atom. The van der Waals surface area contributed by atoms with Crippen molar-refractivity contribution in [1.29, 1.82) is 0 Å². The lowest BCUT2D eigenvalue weighted by atomic mass is 10.1. The molecule has 1 aromatic heterocycles. The Kier molecular flexibility index (Phi) is 3.00. The van der Waals surface area contributed by atoms with Gasteiger partial charge in [0.15, 0.2) is 0 Å². The third-order valence-electron chi connectivity index (χ3n) is 2.05. The van der Waals surface area contributed by atoms with Gasteiger partial charge in [-0.3, -0.25) is 0 Å². The van der Waals surface area contributed by atoms with Crippen LogP contribution < -0.4 is 0 Å². The average molecular weight is 186 g/mol. The van der Waals surface area contributed by atoms with Gasteiger partial charge in [0.25, 0.3) is 0 Å². The van der Waals surface area contributed by atoms with Crippen molar-refractivity contribution >= 4 is 12.4 Å². The maximum atomic E-state index is 4.22. The molecule has 4 heteroatoms. The van der Waals surface area contributed by atoms with Crippen LogP contribution in [-0.2, 0) is 13.0 Å². The van der Waals surface area contributed by atoms with Gasteiger partial charge in [0, 0.05) is 37.0 Å². The number of nitrogens with zero attached hydrogens (tertiary/aromatic N) is 3. The summed E-state index contributed by atoms with van der Waals surface area (Å²) in [6.45, 7) is 2.11. The van der Waals surface area contributed by atoms with Crippen LogP contribution in [0.2, 0.25) is 0 Å². The zero-order valence-corrected chi connectivity index (χ0v) is 7.84. The minimum Gasteiger partial charge on any atom is -0.302 e. The van der Waals surface area contributed by atoms with E-state index in [1.165, 1.54) is 11.3 Å². The lowest BCUT2D eigenvalue weighted by Crippen LogP contribution is -2.27. The highest BCUT2D eigenvalue weighted by Crippen LogP contribution is 2.12. The Balaban J connectivity index is 0.000000720. The highest BCUT2D eigenvalue weighted by Gasteiger charge is 2.12. The molecule has 0 radical (unpaired) electrons. The molecule has 0 unspecified atom stereocenters. The molecule has 0 aliphatic carbocycles. The molecule has 0 amide bonds. The summed E-state index contributed by atoms with van der Waals surface area (Å²) in [6.07, 6.45) is 4.61. The van der Waals surface area contributed by atoms with Gasteiger partial charge in [0.2, 0.25) is 0 Å². The van der Waals surface area contributed by atoms with Crippen LogP contribution in [0.1, 0.15) is 11.3 Å². The quantitative estimate of drug-likeness (QED) is 0.601. The van der Waals surface area contributed by atoms with E-state index in [1.54, 1.807) is 6.33 Å². The number of hydrogen-bond donors (Lipinski definition) is 0. The molecule has 1 aliphatic rings. The Bertz CT molecular complexity index is 264. The van der Waals surface area contributed by atoms with Crippen molar-refractivity contribution in [2.45, 2.75) is 13.0 Å². The second-order valence-electron chi connectivity index (χ2n) is 2.98. The van der Waals surface area contributed by atoms with E-state index in [1.807, 2.05) is 6.20 Å². The summed E-state index contributed by atoms with van der Waals surface area (Å²) < 4.78 is 0. The van der Waals surface area contributed by atoms with Crippen molar-refractivity contribution in [3.63, 3.8) is 0 Å². The summed E-state index contributed by atoms with van der Waals surface area (Å²) in [5.74, 6) is 0. The maximum absolute atomic E-state index is 4.22. The van der Waals surface area contributed by atoms with E-state index in [0.717, 1.165) is 19.5 Å². The van der Waals surface area contributed by atoms with E-state index in [-0.39, 0.29) is 12.4 Å². The molecule has 2 rings (SSSR count). The molecular weight excluding hydrogens is 174 g/mol. The second-order valence-corrected chi connectivity index (χ2v) is 2.98. The number of halogens is 1. The van der Waals surface area contributed by atoms with Crippen LogP contribution in [0.4, 0.5) is 0 Å². The lowest BCUT2D eigenvalue weighted by Gasteiger charge is -2.22. The van der Waals surface area contributed by atoms with Crippen LogP contribution in [0.25, 0.3) is 0 Å². The van der Waals surface area contributed by atoms with Crippen LogP contribution >= 0.6 is 12.4 Å². The highest BCUT2D eigenvalue weighted by molar-refractivity contribution is 5.85. The third kappa shape index (κ3) is 1.73. The van der Waals surface area contributed by atoms with Gasteiger partial charge in [0.1, 0.15) is 6.33 Å². The van der Waals surface area contributed by atoms with Gasteiger partial charge < -0.3 is 4.90 Å². The Labute approximate surface area is 78.2 Å². The summed E-state index contributed by atoms with van der Waals surface area (Å²) in [6, 6.07) is 0. The van der Waals surface area contributed by atoms with Gasteiger partial charge >= 0.3 is 0 Å². The summed E-state index contributed by atoms with van der Waals surface area (Å²) in [5, 5.41) is 0. The maximum Gasteiger partial charge on any atom is 0.115 e. The molecule has 0 atom stereocenters. The molecule has 0 fully saturated rings. The van der Waals surface area contributed by atoms with E-state index >= 15 is 0 Å². The first-order valence-corrected chi connectivity index (χ1v) is 3.82. The van der Waals surface area contributed by atoms with Gasteiger partial charge in [-0.2, -0.15) is 0 Å². The molecule has 1 aromatic rings. The second kappa shape index (κ2) is 3.83. The normalized spacial score (nSPS) is 16.4. The van der Waals surface area contributed by atoms with Crippen molar-refractivity contribution in [3.05, 3.63) is 23.8 Å². The fourth-order valence-corrected chi connectivity index (χ4v) is 1.41. The predicted molar refractivity (Wildman–Crippen MR) is 49.3 cm³/mol. The fourth-order valence-electron chi connectivity index (χ4n) is 1.41. The first kappa shape index (κ1) is 9.42.